The molecule has 3 rings (SSSR count). The number of benzene rings is 1. The van der Waals surface area contributed by atoms with Gasteiger partial charge in [-0.3, -0.25) is 4.98 Å². The van der Waals surface area contributed by atoms with E-state index < -0.39 is 11.9 Å². The predicted molar refractivity (Wildman–Crippen MR) is 91.0 cm³/mol. The molecular weight excluding hydrogens is 392 g/mol. The Balaban J connectivity index is 1.93. The van der Waals surface area contributed by atoms with Crippen LogP contribution in [0.2, 0.25) is 0 Å². The van der Waals surface area contributed by atoms with E-state index in [4.69, 9.17) is 13.9 Å². The third kappa shape index (κ3) is 3.69. The van der Waals surface area contributed by atoms with E-state index in [1.807, 2.05) is 0 Å². The first-order chi connectivity index (χ1) is 12.1. The van der Waals surface area contributed by atoms with E-state index in [1.165, 1.54) is 18.6 Å². The van der Waals surface area contributed by atoms with Gasteiger partial charge in [0, 0.05) is 22.3 Å². The van der Waals surface area contributed by atoms with E-state index in [0.717, 1.165) is 4.47 Å². The molecule has 0 aliphatic carbocycles. The third-order valence-electron chi connectivity index (χ3n) is 3.33. The van der Waals surface area contributed by atoms with Crippen molar-refractivity contribution in [1.82, 2.24) is 9.97 Å². The fourth-order valence-corrected chi connectivity index (χ4v) is 2.60. The van der Waals surface area contributed by atoms with Gasteiger partial charge >= 0.3 is 11.9 Å². The van der Waals surface area contributed by atoms with Crippen LogP contribution >= 0.6 is 15.9 Å². The smallest absolute Gasteiger partial charge is 0.374 e. The van der Waals surface area contributed by atoms with Gasteiger partial charge in [-0.15, -0.1) is 0 Å². The van der Waals surface area contributed by atoms with Crippen LogP contribution in [0.3, 0.4) is 0 Å². The fraction of sp³-hybridized carbons (Fsp3) is 0.176. The van der Waals surface area contributed by atoms with E-state index in [0.29, 0.717) is 16.5 Å². The summed E-state index contributed by atoms with van der Waals surface area (Å²) in [6, 6.07) is 5.29. The van der Waals surface area contributed by atoms with E-state index in [-0.39, 0.29) is 24.7 Å². The van der Waals surface area contributed by atoms with Crippen LogP contribution in [0.5, 0.6) is 0 Å². The molecule has 0 N–H and O–H groups in total. The molecule has 2 heterocycles. The predicted octanol–water partition coefficient (Wildman–Crippen LogP) is 3.52. The van der Waals surface area contributed by atoms with Crippen molar-refractivity contribution in [3.05, 3.63) is 58.3 Å². The van der Waals surface area contributed by atoms with Gasteiger partial charge < -0.3 is 13.9 Å². The van der Waals surface area contributed by atoms with Gasteiger partial charge in [-0.2, -0.15) is 0 Å². The van der Waals surface area contributed by atoms with Crippen molar-refractivity contribution in [2.75, 3.05) is 6.61 Å². The Bertz CT molecular complexity index is 923. The van der Waals surface area contributed by atoms with Gasteiger partial charge in [0.05, 0.1) is 18.4 Å². The highest BCUT2D eigenvalue weighted by Gasteiger charge is 2.23. The van der Waals surface area contributed by atoms with E-state index in [2.05, 4.69) is 25.9 Å². The first-order valence-corrected chi connectivity index (χ1v) is 8.20. The van der Waals surface area contributed by atoms with Crippen molar-refractivity contribution in [2.45, 2.75) is 13.5 Å². The zero-order valence-electron chi connectivity index (χ0n) is 13.2. The van der Waals surface area contributed by atoms with Gasteiger partial charge in [-0.25, -0.2) is 14.6 Å². The van der Waals surface area contributed by atoms with E-state index >= 15 is 0 Å². The van der Waals surface area contributed by atoms with Crippen molar-refractivity contribution in [3.8, 4) is 0 Å². The van der Waals surface area contributed by atoms with Crippen LogP contribution in [0.25, 0.3) is 11.0 Å². The van der Waals surface area contributed by atoms with Crippen LogP contribution in [0.15, 0.2) is 45.7 Å². The zero-order valence-corrected chi connectivity index (χ0v) is 14.8. The molecule has 0 saturated carbocycles. The molecule has 1 aromatic carbocycles. The number of carbonyl (C=O) groups excluding carboxylic acids is 2. The normalized spacial score (nSPS) is 10.6. The van der Waals surface area contributed by atoms with Gasteiger partial charge in [0.2, 0.25) is 5.76 Å². The number of rotatable bonds is 5. The molecule has 128 valence electrons. The summed E-state index contributed by atoms with van der Waals surface area (Å²) in [6.07, 6.45) is 4.15. The Labute approximate surface area is 151 Å². The number of ether oxygens (including phenoxy) is 2. The monoisotopic (exact) mass is 404 g/mol. The van der Waals surface area contributed by atoms with Gasteiger partial charge in [0.25, 0.3) is 0 Å². The molecule has 0 aliphatic rings. The number of carbonyl (C=O) groups is 2. The average Bonchev–Trinajstić information content (AvgIpc) is 2.98. The molecule has 0 radical (unpaired) electrons. The number of hydrogen-bond acceptors (Lipinski definition) is 7. The molecule has 0 spiro atoms. The standard InChI is InChI=1S/C17H13BrN2O5/c1-2-23-17(22)15-12(11-7-10(18)3-4-14(11)25-15)9-24-16(21)13-8-19-5-6-20-13/h3-8H,2,9H2,1H3. The lowest BCUT2D eigenvalue weighted by Gasteiger charge is -2.05. The Morgan fingerprint density at radius 2 is 2.04 bits per heavy atom. The van der Waals surface area contributed by atoms with Crippen LogP contribution in [-0.2, 0) is 16.1 Å². The topological polar surface area (TPSA) is 91.5 Å². The molecule has 8 heteroatoms. The molecule has 3 aromatic rings. The molecule has 0 atom stereocenters. The van der Waals surface area contributed by atoms with Gasteiger partial charge in [-0.1, -0.05) is 15.9 Å². The van der Waals surface area contributed by atoms with Crippen molar-refractivity contribution in [3.63, 3.8) is 0 Å². The third-order valence-corrected chi connectivity index (χ3v) is 3.83. The second-order valence-corrected chi connectivity index (χ2v) is 5.85. The second-order valence-electron chi connectivity index (χ2n) is 4.94. The molecule has 0 saturated heterocycles. The lowest BCUT2D eigenvalue weighted by atomic mass is 10.1. The van der Waals surface area contributed by atoms with Gasteiger partial charge in [0.1, 0.15) is 12.2 Å². The molecule has 25 heavy (non-hydrogen) atoms. The van der Waals surface area contributed by atoms with Gasteiger partial charge in [0.15, 0.2) is 5.69 Å². The summed E-state index contributed by atoms with van der Waals surface area (Å²) in [7, 11) is 0. The Kier molecular flexibility index (Phi) is 5.08. The number of nitrogens with zero attached hydrogens (tertiary/aromatic N) is 2. The highest BCUT2D eigenvalue weighted by molar-refractivity contribution is 9.10. The highest BCUT2D eigenvalue weighted by Crippen LogP contribution is 2.30. The molecule has 0 amide bonds. The number of aromatic nitrogens is 2. The summed E-state index contributed by atoms with van der Waals surface area (Å²) < 4.78 is 16.7. The number of esters is 2. The summed E-state index contributed by atoms with van der Waals surface area (Å²) in [5, 5.41) is 0.657. The van der Waals surface area contributed by atoms with Crippen molar-refractivity contribution < 1.29 is 23.5 Å². The highest BCUT2D eigenvalue weighted by atomic mass is 79.9. The molecule has 7 nitrogen and oxygen atoms in total. The number of hydrogen-bond donors (Lipinski definition) is 0. The molecule has 0 bridgehead atoms. The number of halogens is 1. The largest absolute Gasteiger partial charge is 0.460 e. The van der Waals surface area contributed by atoms with Crippen molar-refractivity contribution >= 4 is 38.8 Å². The van der Waals surface area contributed by atoms with Crippen molar-refractivity contribution in [2.24, 2.45) is 0 Å². The molecular formula is C17H13BrN2O5. The quantitative estimate of drug-likeness (QED) is 0.600. The van der Waals surface area contributed by atoms with Crippen LogP contribution in [-0.4, -0.2) is 28.5 Å². The summed E-state index contributed by atoms with van der Waals surface area (Å²) in [4.78, 5) is 31.9. The van der Waals surface area contributed by atoms with Crippen LogP contribution < -0.4 is 0 Å². The second kappa shape index (κ2) is 7.43. The minimum atomic E-state index is -0.646. The molecule has 0 fully saturated rings. The van der Waals surface area contributed by atoms with Crippen LogP contribution in [0.4, 0.5) is 0 Å². The maximum absolute atomic E-state index is 12.1. The number of fused-ring (bicyclic) bond motifs is 1. The molecule has 0 aliphatic heterocycles. The minimum Gasteiger partial charge on any atom is -0.460 e. The summed E-state index contributed by atoms with van der Waals surface area (Å²) in [5.74, 6) is -1.24. The van der Waals surface area contributed by atoms with Gasteiger partial charge in [-0.05, 0) is 25.1 Å². The maximum atomic E-state index is 12.1. The zero-order chi connectivity index (χ0) is 17.8. The first-order valence-electron chi connectivity index (χ1n) is 7.41. The summed E-state index contributed by atoms with van der Waals surface area (Å²) in [5.41, 5.74) is 1.01. The number of furan rings is 1. The minimum absolute atomic E-state index is 0.0156. The summed E-state index contributed by atoms with van der Waals surface area (Å²) >= 11 is 3.38. The van der Waals surface area contributed by atoms with Crippen LogP contribution in [0, 0.1) is 0 Å². The van der Waals surface area contributed by atoms with E-state index in [9.17, 15) is 9.59 Å². The Morgan fingerprint density at radius 3 is 2.76 bits per heavy atom. The lowest BCUT2D eigenvalue weighted by Crippen LogP contribution is -2.11. The van der Waals surface area contributed by atoms with Crippen molar-refractivity contribution in [1.29, 1.82) is 0 Å². The SMILES string of the molecule is CCOC(=O)c1oc2ccc(Br)cc2c1COC(=O)c1cnccn1. The summed E-state index contributed by atoms with van der Waals surface area (Å²) in [6.45, 7) is 1.75. The lowest BCUT2D eigenvalue weighted by molar-refractivity contribution is 0.0431. The molecule has 2 aromatic heterocycles. The van der Waals surface area contributed by atoms with E-state index in [1.54, 1.807) is 25.1 Å². The molecule has 0 unspecified atom stereocenters. The Morgan fingerprint density at radius 1 is 1.20 bits per heavy atom. The first kappa shape index (κ1) is 17.1. The fourth-order valence-electron chi connectivity index (χ4n) is 2.24. The van der Waals surface area contributed by atoms with Crippen LogP contribution in [0.1, 0.15) is 33.5 Å². The maximum Gasteiger partial charge on any atom is 0.374 e. The Hall–Kier alpha value is -2.74. The average molecular weight is 405 g/mol.